The van der Waals surface area contributed by atoms with Crippen molar-refractivity contribution in [2.75, 3.05) is 19.8 Å². The van der Waals surface area contributed by atoms with Gasteiger partial charge in [-0.1, -0.05) is 0 Å². The monoisotopic (exact) mass is 417 g/mol. The molecular formula is C24H23N3O4. The predicted octanol–water partition coefficient (Wildman–Crippen LogP) is 3.30. The van der Waals surface area contributed by atoms with Crippen LogP contribution < -0.4 is 15.2 Å². The Kier molecular flexibility index (Phi) is 3.92. The van der Waals surface area contributed by atoms with Gasteiger partial charge in [-0.3, -0.25) is 4.98 Å². The van der Waals surface area contributed by atoms with Crippen molar-refractivity contribution >= 4 is 5.97 Å². The molecule has 3 heterocycles. The lowest BCUT2D eigenvalue weighted by molar-refractivity contribution is 0.0694. The van der Waals surface area contributed by atoms with Crippen molar-refractivity contribution < 1.29 is 19.4 Å². The Morgan fingerprint density at radius 3 is 2.71 bits per heavy atom. The third-order valence-electron chi connectivity index (χ3n) is 6.83. The second kappa shape index (κ2) is 6.59. The normalized spacial score (nSPS) is 17.6. The Balaban J connectivity index is 1.48. The molecule has 4 N–H and O–H groups in total. The van der Waals surface area contributed by atoms with E-state index in [1.807, 2.05) is 30.5 Å². The number of aromatic amines is 1. The van der Waals surface area contributed by atoms with E-state index in [9.17, 15) is 9.90 Å². The molecule has 0 bridgehead atoms. The van der Waals surface area contributed by atoms with Crippen molar-refractivity contribution in [3.63, 3.8) is 0 Å². The molecule has 7 nitrogen and oxygen atoms in total. The third kappa shape index (κ3) is 2.76. The van der Waals surface area contributed by atoms with Crippen LogP contribution in [0.15, 0.2) is 30.5 Å². The lowest BCUT2D eigenvalue weighted by Gasteiger charge is -2.20. The summed E-state index contributed by atoms with van der Waals surface area (Å²) in [6.45, 7) is 1.54. The van der Waals surface area contributed by atoms with Gasteiger partial charge in [0.1, 0.15) is 13.2 Å². The maximum atomic E-state index is 12.2. The number of benzene rings is 1. The first-order valence-electron chi connectivity index (χ1n) is 10.7. The molecule has 1 aromatic carbocycles. The number of H-pyrrole nitrogens is 1. The third-order valence-corrected chi connectivity index (χ3v) is 6.83. The van der Waals surface area contributed by atoms with Crippen LogP contribution in [0.1, 0.15) is 40.0 Å². The van der Waals surface area contributed by atoms with Crippen LogP contribution in [0.3, 0.4) is 0 Å². The molecule has 2 aliphatic carbocycles. The number of carboxylic acids is 1. The molecule has 0 amide bonds. The highest BCUT2D eigenvalue weighted by atomic mass is 16.6. The van der Waals surface area contributed by atoms with E-state index >= 15 is 0 Å². The molecule has 1 aliphatic heterocycles. The summed E-state index contributed by atoms with van der Waals surface area (Å²) in [7, 11) is 0. The Bertz CT molecular complexity index is 1230. The van der Waals surface area contributed by atoms with Gasteiger partial charge in [-0.2, -0.15) is 0 Å². The minimum Gasteiger partial charge on any atom is -0.486 e. The van der Waals surface area contributed by atoms with Gasteiger partial charge in [0.2, 0.25) is 0 Å². The number of carbonyl (C=O) groups is 1. The van der Waals surface area contributed by atoms with E-state index in [1.165, 1.54) is 0 Å². The van der Waals surface area contributed by atoms with Crippen molar-refractivity contribution in [1.29, 1.82) is 0 Å². The second-order valence-corrected chi connectivity index (χ2v) is 8.60. The zero-order valence-electron chi connectivity index (χ0n) is 17.0. The van der Waals surface area contributed by atoms with Gasteiger partial charge in [-0.05, 0) is 61.1 Å². The quantitative estimate of drug-likeness (QED) is 0.601. The van der Waals surface area contributed by atoms with Gasteiger partial charge in [0, 0.05) is 35.0 Å². The standard InChI is InChI=1S/C24H23N3O4/c25-12-24(5-6-24)22-20(23(28)29)15-3-1-14-11-26-17(10-16(14)21(15)27-22)13-2-4-18-19(9-13)31-8-7-30-18/h2,4,9-11,27H,1,3,5-8,12,25H2,(H,28,29). The number of nitrogens with one attached hydrogen (secondary N) is 1. The summed E-state index contributed by atoms with van der Waals surface area (Å²) in [4.78, 5) is 20.4. The number of nitrogens with two attached hydrogens (primary N) is 1. The Labute approximate surface area is 179 Å². The van der Waals surface area contributed by atoms with Crippen LogP contribution in [0.4, 0.5) is 0 Å². The number of rotatable bonds is 4. The Morgan fingerprint density at radius 1 is 1.16 bits per heavy atom. The van der Waals surface area contributed by atoms with E-state index in [2.05, 4.69) is 9.97 Å². The Hall–Kier alpha value is -3.32. The van der Waals surface area contributed by atoms with Gasteiger partial charge >= 0.3 is 5.97 Å². The number of fused-ring (bicyclic) bond motifs is 4. The molecule has 0 unspecified atom stereocenters. The zero-order chi connectivity index (χ0) is 21.2. The first-order chi connectivity index (χ1) is 15.1. The number of pyridine rings is 1. The SMILES string of the molecule is NCC1(c2[nH]c3c(c2C(=O)O)CCc2cnc(-c4ccc5c(c4)OCCO5)cc2-3)CC1. The highest BCUT2D eigenvalue weighted by Crippen LogP contribution is 2.51. The van der Waals surface area contributed by atoms with Crippen molar-refractivity contribution in [3.8, 4) is 34.0 Å². The summed E-state index contributed by atoms with van der Waals surface area (Å²) >= 11 is 0. The summed E-state index contributed by atoms with van der Waals surface area (Å²) in [6.07, 6.45) is 5.21. The largest absolute Gasteiger partial charge is 0.486 e. The molecule has 7 heteroatoms. The minimum atomic E-state index is -0.878. The fraction of sp³-hybridized carbons (Fsp3) is 0.333. The van der Waals surface area contributed by atoms with Crippen LogP contribution >= 0.6 is 0 Å². The van der Waals surface area contributed by atoms with E-state index in [-0.39, 0.29) is 5.41 Å². The lowest BCUT2D eigenvalue weighted by atomic mass is 9.87. The van der Waals surface area contributed by atoms with Gasteiger partial charge in [0.25, 0.3) is 0 Å². The van der Waals surface area contributed by atoms with Gasteiger partial charge < -0.3 is 25.3 Å². The smallest absolute Gasteiger partial charge is 0.337 e. The first-order valence-corrected chi connectivity index (χ1v) is 10.7. The average Bonchev–Trinajstić information content (AvgIpc) is 3.50. The summed E-state index contributed by atoms with van der Waals surface area (Å²) in [5, 5.41) is 9.99. The molecule has 158 valence electrons. The van der Waals surface area contributed by atoms with Crippen molar-refractivity contribution in [2.45, 2.75) is 31.1 Å². The van der Waals surface area contributed by atoms with Gasteiger partial charge in [-0.25, -0.2) is 4.79 Å². The zero-order valence-corrected chi connectivity index (χ0v) is 17.0. The molecule has 0 saturated heterocycles. The topological polar surface area (TPSA) is 110 Å². The highest BCUT2D eigenvalue weighted by molar-refractivity contribution is 5.95. The molecule has 3 aliphatic rings. The number of aromatic carboxylic acids is 1. The van der Waals surface area contributed by atoms with Gasteiger partial charge in [0.05, 0.1) is 17.0 Å². The molecule has 0 radical (unpaired) electrons. The average molecular weight is 417 g/mol. The van der Waals surface area contributed by atoms with E-state index in [0.717, 1.165) is 70.1 Å². The number of nitrogens with zero attached hydrogens (tertiary/aromatic N) is 1. The predicted molar refractivity (Wildman–Crippen MR) is 115 cm³/mol. The molecule has 2 aromatic heterocycles. The number of ether oxygens (including phenoxy) is 2. The summed E-state index contributed by atoms with van der Waals surface area (Å²) in [5.74, 6) is 0.585. The van der Waals surface area contributed by atoms with Crippen molar-refractivity contribution in [3.05, 3.63) is 52.8 Å². The molecule has 1 saturated carbocycles. The Morgan fingerprint density at radius 2 is 1.97 bits per heavy atom. The number of hydrogen-bond donors (Lipinski definition) is 3. The number of carboxylic acid groups (broad SMARTS) is 1. The molecular weight excluding hydrogens is 394 g/mol. The van der Waals surface area contributed by atoms with Gasteiger partial charge in [-0.15, -0.1) is 0 Å². The molecule has 6 rings (SSSR count). The van der Waals surface area contributed by atoms with Crippen LogP contribution in [-0.4, -0.2) is 40.8 Å². The fourth-order valence-electron chi connectivity index (χ4n) is 4.90. The maximum absolute atomic E-state index is 12.2. The van der Waals surface area contributed by atoms with E-state index < -0.39 is 5.97 Å². The molecule has 0 spiro atoms. The van der Waals surface area contributed by atoms with E-state index in [0.29, 0.717) is 31.7 Å². The van der Waals surface area contributed by atoms with Crippen LogP contribution in [0.5, 0.6) is 11.5 Å². The summed E-state index contributed by atoms with van der Waals surface area (Å²) < 4.78 is 11.3. The fourth-order valence-corrected chi connectivity index (χ4v) is 4.90. The van der Waals surface area contributed by atoms with Crippen LogP contribution in [0.2, 0.25) is 0 Å². The molecule has 1 fully saturated rings. The van der Waals surface area contributed by atoms with Crippen LogP contribution in [0, 0.1) is 0 Å². The van der Waals surface area contributed by atoms with Crippen molar-refractivity contribution in [1.82, 2.24) is 9.97 Å². The van der Waals surface area contributed by atoms with E-state index in [1.54, 1.807) is 0 Å². The number of hydrogen-bond acceptors (Lipinski definition) is 5. The summed E-state index contributed by atoms with van der Waals surface area (Å²) in [5.41, 5.74) is 12.7. The minimum absolute atomic E-state index is 0.225. The summed E-state index contributed by atoms with van der Waals surface area (Å²) in [6, 6.07) is 7.88. The van der Waals surface area contributed by atoms with Crippen LogP contribution in [0.25, 0.3) is 22.5 Å². The number of aromatic nitrogens is 2. The first kappa shape index (κ1) is 18.4. The maximum Gasteiger partial charge on any atom is 0.337 e. The highest BCUT2D eigenvalue weighted by Gasteiger charge is 2.48. The van der Waals surface area contributed by atoms with Crippen LogP contribution in [-0.2, 0) is 18.3 Å². The second-order valence-electron chi connectivity index (χ2n) is 8.60. The van der Waals surface area contributed by atoms with Gasteiger partial charge in [0.15, 0.2) is 11.5 Å². The molecule has 3 aromatic rings. The van der Waals surface area contributed by atoms with E-state index in [4.69, 9.17) is 15.2 Å². The van der Waals surface area contributed by atoms with Crippen molar-refractivity contribution in [2.24, 2.45) is 5.73 Å². The number of aryl methyl sites for hydroxylation is 1. The lowest BCUT2D eigenvalue weighted by Crippen LogP contribution is -2.23. The molecule has 0 atom stereocenters. The molecule has 31 heavy (non-hydrogen) atoms.